The summed E-state index contributed by atoms with van der Waals surface area (Å²) in [5.74, 6) is 3.05. The summed E-state index contributed by atoms with van der Waals surface area (Å²) < 4.78 is 21.9. The highest BCUT2D eigenvalue weighted by atomic mass is 32.1. The van der Waals surface area contributed by atoms with Gasteiger partial charge in [-0.2, -0.15) is 0 Å². The van der Waals surface area contributed by atoms with E-state index in [0.717, 1.165) is 40.1 Å². The van der Waals surface area contributed by atoms with Gasteiger partial charge in [0, 0.05) is 35.9 Å². The zero-order valence-electron chi connectivity index (χ0n) is 21.7. The lowest BCUT2D eigenvalue weighted by Crippen LogP contribution is -2.35. The Morgan fingerprint density at radius 1 is 0.892 bits per heavy atom. The Balaban J connectivity index is 1.55. The molecule has 4 aromatic rings. The minimum atomic E-state index is 0.606. The van der Waals surface area contributed by atoms with Gasteiger partial charge >= 0.3 is 0 Å². The number of aromatic nitrogens is 1. The number of ether oxygens (including phenoxy) is 4. The van der Waals surface area contributed by atoms with Crippen LogP contribution in [0.5, 0.6) is 23.0 Å². The standard InChI is InChI=1S/C29H33N3O4S/c1-5-36-23-9-7-22(8-10-23)31-29(37)32(19-20-6-13-27(34-3)28(16-20)35-4)15-14-21-18-30-26-12-11-24(33-2)17-25(21)26/h6-13,16-18,30H,5,14-15,19H2,1-4H3,(H,31,37). The molecule has 0 radical (unpaired) electrons. The third-order valence-corrected chi connectivity index (χ3v) is 6.51. The first-order valence-corrected chi connectivity index (χ1v) is 12.6. The molecule has 0 unspecified atom stereocenters. The average molecular weight is 520 g/mol. The van der Waals surface area contributed by atoms with Crippen molar-refractivity contribution in [1.82, 2.24) is 9.88 Å². The summed E-state index contributed by atoms with van der Waals surface area (Å²) in [5, 5.41) is 5.17. The predicted octanol–water partition coefficient (Wildman–Crippen LogP) is 6.03. The monoisotopic (exact) mass is 519 g/mol. The molecule has 0 aliphatic heterocycles. The van der Waals surface area contributed by atoms with Crippen LogP contribution in [0.25, 0.3) is 10.9 Å². The Kier molecular flexibility index (Phi) is 8.74. The number of anilines is 1. The van der Waals surface area contributed by atoms with Gasteiger partial charge in [0.15, 0.2) is 16.6 Å². The van der Waals surface area contributed by atoms with Crippen molar-refractivity contribution in [2.45, 2.75) is 19.9 Å². The molecule has 3 aromatic carbocycles. The molecule has 0 atom stereocenters. The quantitative estimate of drug-likeness (QED) is 0.234. The number of methoxy groups -OCH3 is 3. The number of nitrogens with zero attached hydrogens (tertiary/aromatic N) is 1. The Morgan fingerprint density at radius 3 is 2.35 bits per heavy atom. The highest BCUT2D eigenvalue weighted by Gasteiger charge is 2.15. The molecular weight excluding hydrogens is 486 g/mol. The van der Waals surface area contributed by atoms with Gasteiger partial charge in [-0.3, -0.25) is 0 Å². The van der Waals surface area contributed by atoms with E-state index in [4.69, 9.17) is 31.2 Å². The second-order valence-corrected chi connectivity index (χ2v) is 8.86. The minimum absolute atomic E-state index is 0.606. The number of benzene rings is 3. The van der Waals surface area contributed by atoms with E-state index < -0.39 is 0 Å². The van der Waals surface area contributed by atoms with Crippen molar-refractivity contribution >= 4 is 33.9 Å². The lowest BCUT2D eigenvalue weighted by Gasteiger charge is -2.26. The maximum atomic E-state index is 5.88. The first-order valence-electron chi connectivity index (χ1n) is 12.2. The zero-order valence-corrected chi connectivity index (χ0v) is 22.5. The van der Waals surface area contributed by atoms with Gasteiger partial charge in [-0.25, -0.2) is 0 Å². The van der Waals surface area contributed by atoms with E-state index in [1.165, 1.54) is 5.56 Å². The summed E-state index contributed by atoms with van der Waals surface area (Å²) >= 11 is 5.88. The molecular formula is C29H33N3O4S. The van der Waals surface area contributed by atoms with Gasteiger partial charge in [-0.15, -0.1) is 0 Å². The molecule has 7 nitrogen and oxygen atoms in total. The van der Waals surface area contributed by atoms with Crippen molar-refractivity contribution in [2.75, 3.05) is 39.8 Å². The van der Waals surface area contributed by atoms with Crippen LogP contribution in [-0.2, 0) is 13.0 Å². The summed E-state index contributed by atoms with van der Waals surface area (Å²) in [5.41, 5.74) is 4.25. The van der Waals surface area contributed by atoms with Crippen LogP contribution in [0.2, 0.25) is 0 Å². The van der Waals surface area contributed by atoms with E-state index in [9.17, 15) is 0 Å². The minimum Gasteiger partial charge on any atom is -0.497 e. The van der Waals surface area contributed by atoms with E-state index in [2.05, 4.69) is 27.5 Å². The van der Waals surface area contributed by atoms with Crippen molar-refractivity contribution in [2.24, 2.45) is 0 Å². The van der Waals surface area contributed by atoms with Gasteiger partial charge in [-0.1, -0.05) is 6.07 Å². The molecule has 0 fully saturated rings. The van der Waals surface area contributed by atoms with Crippen LogP contribution in [0.15, 0.2) is 66.9 Å². The molecule has 1 heterocycles. The van der Waals surface area contributed by atoms with E-state index in [1.807, 2.05) is 61.5 Å². The number of aromatic amines is 1. The third kappa shape index (κ3) is 6.46. The lowest BCUT2D eigenvalue weighted by atomic mass is 10.1. The van der Waals surface area contributed by atoms with Crippen LogP contribution in [0.4, 0.5) is 5.69 Å². The van der Waals surface area contributed by atoms with Crippen molar-refractivity contribution in [1.29, 1.82) is 0 Å². The Bertz CT molecular complexity index is 1340. The first-order chi connectivity index (χ1) is 18.0. The number of hydrogen-bond acceptors (Lipinski definition) is 5. The maximum absolute atomic E-state index is 5.88. The average Bonchev–Trinajstić information content (AvgIpc) is 3.34. The molecule has 1 aromatic heterocycles. The fourth-order valence-electron chi connectivity index (χ4n) is 4.20. The van der Waals surface area contributed by atoms with Crippen LogP contribution in [-0.4, -0.2) is 49.5 Å². The number of hydrogen-bond donors (Lipinski definition) is 2. The number of nitrogens with one attached hydrogen (secondary N) is 2. The molecule has 8 heteroatoms. The first kappa shape index (κ1) is 26.2. The van der Waals surface area contributed by atoms with E-state index in [1.54, 1.807) is 21.3 Å². The molecule has 37 heavy (non-hydrogen) atoms. The van der Waals surface area contributed by atoms with E-state index >= 15 is 0 Å². The fourth-order valence-corrected chi connectivity index (χ4v) is 4.48. The van der Waals surface area contributed by atoms with Gasteiger partial charge in [0.1, 0.15) is 11.5 Å². The Labute approximate surface area is 223 Å². The predicted molar refractivity (Wildman–Crippen MR) is 152 cm³/mol. The fraction of sp³-hybridized carbons (Fsp3) is 0.276. The van der Waals surface area contributed by atoms with Crippen LogP contribution in [0.1, 0.15) is 18.1 Å². The SMILES string of the molecule is CCOc1ccc(NC(=S)N(CCc2c[nH]c3ccc(OC)cc23)Cc2ccc(OC)c(OC)c2)cc1. The van der Waals surface area contributed by atoms with Crippen LogP contribution >= 0.6 is 12.2 Å². The Morgan fingerprint density at radius 2 is 1.65 bits per heavy atom. The summed E-state index contributed by atoms with van der Waals surface area (Å²) in [4.78, 5) is 5.52. The molecule has 0 aliphatic rings. The topological polar surface area (TPSA) is 68.0 Å². The molecule has 0 saturated heterocycles. The van der Waals surface area contributed by atoms with E-state index in [-0.39, 0.29) is 0 Å². The van der Waals surface area contributed by atoms with Crippen LogP contribution < -0.4 is 24.3 Å². The van der Waals surface area contributed by atoms with Gasteiger partial charge in [0.05, 0.1) is 27.9 Å². The molecule has 0 bridgehead atoms. The molecule has 4 rings (SSSR count). The second kappa shape index (κ2) is 12.4. The number of H-pyrrole nitrogens is 1. The normalized spacial score (nSPS) is 10.7. The van der Waals surface area contributed by atoms with Crippen molar-refractivity contribution < 1.29 is 18.9 Å². The molecule has 0 saturated carbocycles. The summed E-state index contributed by atoms with van der Waals surface area (Å²) in [7, 11) is 4.96. The highest BCUT2D eigenvalue weighted by Crippen LogP contribution is 2.29. The zero-order chi connectivity index (χ0) is 26.2. The highest BCUT2D eigenvalue weighted by molar-refractivity contribution is 7.80. The molecule has 0 aliphatic carbocycles. The second-order valence-electron chi connectivity index (χ2n) is 8.47. The smallest absolute Gasteiger partial charge is 0.173 e. The van der Waals surface area contributed by atoms with E-state index in [0.29, 0.717) is 36.3 Å². The number of fused-ring (bicyclic) bond motifs is 1. The molecule has 2 N–H and O–H groups in total. The van der Waals surface area contributed by atoms with Gasteiger partial charge in [0.25, 0.3) is 0 Å². The third-order valence-electron chi connectivity index (χ3n) is 6.15. The van der Waals surface area contributed by atoms with Gasteiger partial charge in [0.2, 0.25) is 0 Å². The number of thiocarbonyl (C=S) groups is 1. The molecule has 0 spiro atoms. The van der Waals surface area contributed by atoms with Crippen LogP contribution in [0.3, 0.4) is 0 Å². The maximum Gasteiger partial charge on any atom is 0.173 e. The van der Waals surface area contributed by atoms with Crippen molar-refractivity contribution in [3.05, 3.63) is 78.0 Å². The van der Waals surface area contributed by atoms with Crippen molar-refractivity contribution in [3.63, 3.8) is 0 Å². The van der Waals surface area contributed by atoms with Gasteiger partial charge < -0.3 is 34.1 Å². The largest absolute Gasteiger partial charge is 0.497 e. The summed E-state index contributed by atoms with van der Waals surface area (Å²) in [6.45, 7) is 3.91. The summed E-state index contributed by atoms with van der Waals surface area (Å²) in [6, 6.07) is 19.8. The Hall–Kier alpha value is -3.91. The molecule has 0 amide bonds. The van der Waals surface area contributed by atoms with Crippen LogP contribution in [0, 0.1) is 0 Å². The number of rotatable bonds is 11. The lowest BCUT2D eigenvalue weighted by molar-refractivity contribution is 0.340. The molecule has 194 valence electrons. The summed E-state index contributed by atoms with van der Waals surface area (Å²) in [6.07, 6.45) is 2.85. The van der Waals surface area contributed by atoms with Crippen molar-refractivity contribution in [3.8, 4) is 23.0 Å². The van der Waals surface area contributed by atoms with Gasteiger partial charge in [-0.05, 0) is 91.3 Å².